The van der Waals surface area contributed by atoms with E-state index < -0.39 is 12.0 Å². The number of nitrogens with zero attached hydrogens (tertiary/aromatic N) is 2. The molecule has 1 atom stereocenters. The topological polar surface area (TPSA) is 49.9 Å². The predicted molar refractivity (Wildman–Crippen MR) is 98.1 cm³/mol. The molecule has 5 heteroatoms. The molecule has 132 valence electrons. The van der Waals surface area contributed by atoms with Crippen molar-refractivity contribution in [1.82, 2.24) is 5.06 Å². The minimum atomic E-state index is -0.585. The Labute approximate surface area is 148 Å². The summed E-state index contributed by atoms with van der Waals surface area (Å²) in [5.74, 6) is -0.652. The van der Waals surface area contributed by atoms with Gasteiger partial charge in [-0.05, 0) is 30.2 Å². The summed E-state index contributed by atoms with van der Waals surface area (Å²) in [4.78, 5) is 32.2. The smallest absolute Gasteiger partial charge is 0.357 e. The van der Waals surface area contributed by atoms with Crippen LogP contribution in [0.5, 0.6) is 0 Å². The van der Waals surface area contributed by atoms with Crippen molar-refractivity contribution in [2.24, 2.45) is 5.92 Å². The number of anilines is 1. The molecule has 0 aliphatic carbocycles. The number of hydrogen-bond acceptors (Lipinski definition) is 4. The van der Waals surface area contributed by atoms with E-state index in [1.165, 1.54) is 5.06 Å². The van der Waals surface area contributed by atoms with Crippen LogP contribution in [0.1, 0.15) is 24.2 Å². The average Bonchev–Trinajstić information content (AvgIpc) is 2.62. The van der Waals surface area contributed by atoms with Gasteiger partial charge >= 0.3 is 5.97 Å². The Morgan fingerprint density at radius 1 is 0.880 bits per heavy atom. The predicted octanol–water partition coefficient (Wildman–Crippen LogP) is 3.38. The van der Waals surface area contributed by atoms with Crippen molar-refractivity contribution in [2.75, 3.05) is 19.0 Å². The minimum Gasteiger partial charge on any atom is -0.363 e. The molecule has 0 N–H and O–H groups in total. The van der Waals surface area contributed by atoms with Crippen LogP contribution in [-0.2, 0) is 9.63 Å². The van der Waals surface area contributed by atoms with Crippen LogP contribution in [0.4, 0.5) is 5.69 Å². The van der Waals surface area contributed by atoms with Gasteiger partial charge in [0.2, 0.25) is 5.91 Å². The first-order chi connectivity index (χ1) is 11.9. The third-order valence-electron chi connectivity index (χ3n) is 3.99. The van der Waals surface area contributed by atoms with Crippen molar-refractivity contribution in [3.05, 3.63) is 66.2 Å². The Hall–Kier alpha value is -2.66. The normalized spacial score (nSPS) is 12.1. The van der Waals surface area contributed by atoms with Crippen LogP contribution < -0.4 is 4.90 Å². The second-order valence-electron chi connectivity index (χ2n) is 6.21. The number of rotatable bonds is 6. The highest BCUT2D eigenvalue weighted by molar-refractivity contribution is 5.97. The van der Waals surface area contributed by atoms with Crippen LogP contribution in [0.25, 0.3) is 0 Å². The van der Waals surface area contributed by atoms with Gasteiger partial charge in [-0.2, -0.15) is 0 Å². The third-order valence-corrected chi connectivity index (χ3v) is 3.99. The molecule has 0 fully saturated rings. The van der Waals surface area contributed by atoms with Crippen molar-refractivity contribution in [1.29, 1.82) is 0 Å². The van der Waals surface area contributed by atoms with Gasteiger partial charge < -0.3 is 9.74 Å². The van der Waals surface area contributed by atoms with E-state index in [4.69, 9.17) is 4.84 Å². The number of hydroxylamine groups is 2. The molecule has 0 saturated carbocycles. The van der Waals surface area contributed by atoms with Gasteiger partial charge in [-0.3, -0.25) is 4.79 Å². The van der Waals surface area contributed by atoms with E-state index in [-0.39, 0.29) is 11.8 Å². The van der Waals surface area contributed by atoms with Crippen molar-refractivity contribution >= 4 is 17.6 Å². The Balaban J connectivity index is 2.13. The van der Waals surface area contributed by atoms with Crippen LogP contribution in [-0.4, -0.2) is 37.1 Å². The number of benzene rings is 2. The Morgan fingerprint density at radius 2 is 1.40 bits per heavy atom. The molecule has 0 spiro atoms. The van der Waals surface area contributed by atoms with Crippen molar-refractivity contribution in [3.8, 4) is 0 Å². The van der Waals surface area contributed by atoms with Gasteiger partial charge in [0.1, 0.15) is 6.04 Å². The second kappa shape index (κ2) is 8.44. The molecule has 0 aromatic heterocycles. The van der Waals surface area contributed by atoms with Crippen LogP contribution in [0.2, 0.25) is 0 Å². The molecule has 0 aliphatic rings. The Kier molecular flexibility index (Phi) is 6.31. The van der Waals surface area contributed by atoms with Crippen LogP contribution in [0.3, 0.4) is 0 Å². The van der Waals surface area contributed by atoms with E-state index in [0.29, 0.717) is 5.56 Å². The van der Waals surface area contributed by atoms with E-state index in [1.807, 2.05) is 50.2 Å². The molecule has 0 radical (unpaired) electrons. The maximum Gasteiger partial charge on any atom is 0.357 e. The summed E-state index contributed by atoms with van der Waals surface area (Å²) in [5, 5.41) is 1.35. The molecule has 2 rings (SSSR count). The number of carbonyl (C=O) groups excluding carboxylic acids is 2. The number of amides is 1. The molecular weight excluding hydrogens is 316 g/mol. The molecule has 2 aromatic rings. The first-order valence-corrected chi connectivity index (χ1v) is 8.24. The number of carbonyl (C=O) groups is 2. The summed E-state index contributed by atoms with van der Waals surface area (Å²) < 4.78 is 0. The molecule has 0 saturated heterocycles. The van der Waals surface area contributed by atoms with Crippen molar-refractivity contribution in [3.63, 3.8) is 0 Å². The van der Waals surface area contributed by atoms with Crippen molar-refractivity contribution < 1.29 is 14.4 Å². The van der Waals surface area contributed by atoms with Crippen molar-refractivity contribution in [2.45, 2.75) is 19.9 Å². The first-order valence-electron chi connectivity index (χ1n) is 8.24. The summed E-state index contributed by atoms with van der Waals surface area (Å²) in [6.07, 6.45) is 0. The number of likely N-dealkylation sites (N-methyl/N-ethyl adjacent to an activating group) is 2. The van der Waals surface area contributed by atoms with Gasteiger partial charge in [0.15, 0.2) is 0 Å². The van der Waals surface area contributed by atoms with E-state index in [0.717, 1.165) is 5.69 Å². The van der Waals surface area contributed by atoms with E-state index in [1.54, 1.807) is 43.3 Å². The zero-order valence-electron chi connectivity index (χ0n) is 15.0. The summed E-state index contributed by atoms with van der Waals surface area (Å²) in [7, 11) is 3.34. The van der Waals surface area contributed by atoms with Gasteiger partial charge in [-0.1, -0.05) is 50.2 Å². The fourth-order valence-electron chi connectivity index (χ4n) is 2.65. The highest BCUT2D eigenvalue weighted by atomic mass is 16.7. The third kappa shape index (κ3) is 4.67. The zero-order chi connectivity index (χ0) is 18.4. The molecule has 1 unspecified atom stereocenters. The maximum atomic E-state index is 12.9. The van der Waals surface area contributed by atoms with Crippen LogP contribution in [0.15, 0.2) is 60.7 Å². The largest absolute Gasteiger partial charge is 0.363 e. The quantitative estimate of drug-likeness (QED) is 0.757. The summed E-state index contributed by atoms with van der Waals surface area (Å²) >= 11 is 0. The summed E-state index contributed by atoms with van der Waals surface area (Å²) in [6.45, 7) is 3.85. The minimum absolute atomic E-state index is 0.0350. The molecule has 25 heavy (non-hydrogen) atoms. The lowest BCUT2D eigenvalue weighted by Crippen LogP contribution is -2.49. The molecule has 0 bridgehead atoms. The first kappa shape index (κ1) is 18.7. The monoisotopic (exact) mass is 340 g/mol. The highest BCUT2D eigenvalue weighted by Gasteiger charge is 2.32. The maximum absolute atomic E-state index is 12.9. The van der Waals surface area contributed by atoms with Crippen LogP contribution >= 0.6 is 0 Å². The summed E-state index contributed by atoms with van der Waals surface area (Å²) in [5.41, 5.74) is 1.24. The zero-order valence-corrected chi connectivity index (χ0v) is 15.0. The number of hydrogen-bond donors (Lipinski definition) is 0. The molecular formula is C20H24N2O3. The van der Waals surface area contributed by atoms with E-state index in [9.17, 15) is 9.59 Å². The molecule has 0 aliphatic heterocycles. The Morgan fingerprint density at radius 3 is 1.92 bits per heavy atom. The van der Waals surface area contributed by atoms with Gasteiger partial charge in [-0.25, -0.2) is 4.79 Å². The molecule has 0 heterocycles. The Bertz CT molecular complexity index is 701. The van der Waals surface area contributed by atoms with E-state index in [2.05, 4.69) is 0 Å². The van der Waals surface area contributed by atoms with Crippen LogP contribution in [0, 0.1) is 5.92 Å². The lowest BCUT2D eigenvalue weighted by atomic mass is 10.0. The van der Waals surface area contributed by atoms with E-state index >= 15 is 0 Å². The standard InChI is InChI=1S/C20H24N2O3/c1-15(2)18(19(23)21(3)17-13-9-6-10-14-17)22(4)25-20(24)16-11-7-5-8-12-16/h5-15,18H,1-4H3. The fourth-order valence-corrected chi connectivity index (χ4v) is 2.65. The SMILES string of the molecule is CC(C)C(C(=O)N(C)c1ccccc1)N(C)OC(=O)c1ccccc1. The highest BCUT2D eigenvalue weighted by Crippen LogP contribution is 2.19. The molecule has 1 amide bonds. The molecule has 2 aromatic carbocycles. The molecule has 5 nitrogen and oxygen atoms in total. The number of para-hydroxylation sites is 1. The summed E-state index contributed by atoms with van der Waals surface area (Å²) in [6, 6.07) is 17.5. The van der Waals surface area contributed by atoms with Gasteiger partial charge in [0, 0.05) is 19.8 Å². The van der Waals surface area contributed by atoms with Gasteiger partial charge in [0.25, 0.3) is 0 Å². The average molecular weight is 340 g/mol. The lowest BCUT2D eigenvalue weighted by molar-refractivity contribution is -0.152. The van der Waals surface area contributed by atoms with Gasteiger partial charge in [0.05, 0.1) is 5.56 Å². The second-order valence-corrected chi connectivity index (χ2v) is 6.21. The van der Waals surface area contributed by atoms with Gasteiger partial charge in [-0.15, -0.1) is 5.06 Å². The fraction of sp³-hybridized carbons (Fsp3) is 0.300. The lowest BCUT2D eigenvalue weighted by Gasteiger charge is -2.31.